The molecular weight excluding hydrogens is 464 g/mol. The van der Waals surface area contributed by atoms with Crippen molar-refractivity contribution in [3.05, 3.63) is 95.2 Å². The van der Waals surface area contributed by atoms with E-state index in [1.54, 1.807) is 24.3 Å². The van der Waals surface area contributed by atoms with Gasteiger partial charge in [-0.05, 0) is 69.6 Å². The number of phenols is 2. The van der Waals surface area contributed by atoms with Crippen molar-refractivity contribution in [2.24, 2.45) is 0 Å². The summed E-state index contributed by atoms with van der Waals surface area (Å²) in [6.45, 7) is 2.70. The van der Waals surface area contributed by atoms with E-state index in [4.69, 9.17) is 0 Å². The fourth-order valence-electron chi connectivity index (χ4n) is 4.74. The van der Waals surface area contributed by atoms with Gasteiger partial charge < -0.3 is 29.9 Å². The van der Waals surface area contributed by atoms with E-state index in [1.807, 2.05) is 69.5 Å². The van der Waals surface area contributed by atoms with Crippen molar-refractivity contribution in [1.82, 2.24) is 19.7 Å². The first-order valence-electron chi connectivity index (χ1n) is 12.5. The highest BCUT2D eigenvalue weighted by Crippen LogP contribution is 2.41. The van der Waals surface area contributed by atoms with Crippen molar-refractivity contribution in [3.63, 3.8) is 0 Å². The number of para-hydroxylation sites is 1. The third kappa shape index (κ3) is 5.96. The maximum Gasteiger partial charge on any atom is 0.268 e. The Morgan fingerprint density at radius 3 is 1.89 bits per heavy atom. The third-order valence-electron chi connectivity index (χ3n) is 6.58. The van der Waals surface area contributed by atoms with Crippen LogP contribution >= 0.6 is 0 Å². The molecule has 37 heavy (non-hydrogen) atoms. The number of hydrogen-bond donors (Lipinski definition) is 3. The maximum absolute atomic E-state index is 13.9. The first kappa shape index (κ1) is 26.3. The molecule has 0 aliphatic rings. The Balaban J connectivity index is 1.98. The molecule has 194 valence electrons. The number of carbonyl (C=O) groups excluding carboxylic acids is 1. The van der Waals surface area contributed by atoms with Crippen molar-refractivity contribution in [1.29, 1.82) is 0 Å². The molecular formula is C30H36N4O3. The Kier molecular flexibility index (Phi) is 8.16. The van der Waals surface area contributed by atoms with Gasteiger partial charge in [-0.15, -0.1) is 0 Å². The molecule has 0 unspecified atom stereocenters. The van der Waals surface area contributed by atoms with E-state index in [0.717, 1.165) is 40.7 Å². The van der Waals surface area contributed by atoms with Gasteiger partial charge in [-0.2, -0.15) is 0 Å². The van der Waals surface area contributed by atoms with Crippen LogP contribution in [-0.2, 0) is 6.54 Å². The smallest absolute Gasteiger partial charge is 0.268 e. The molecule has 0 fully saturated rings. The van der Waals surface area contributed by atoms with Crippen LogP contribution < -0.4 is 5.32 Å². The summed E-state index contributed by atoms with van der Waals surface area (Å²) in [4.78, 5) is 18.1. The lowest BCUT2D eigenvalue weighted by molar-refractivity contribution is 0.0940. The average molecular weight is 501 g/mol. The van der Waals surface area contributed by atoms with Crippen LogP contribution in [0.15, 0.2) is 72.8 Å². The van der Waals surface area contributed by atoms with E-state index in [0.29, 0.717) is 18.8 Å². The third-order valence-corrected chi connectivity index (χ3v) is 6.58. The maximum atomic E-state index is 13.9. The van der Waals surface area contributed by atoms with E-state index in [2.05, 4.69) is 26.9 Å². The predicted molar refractivity (Wildman–Crippen MR) is 149 cm³/mol. The quantitative estimate of drug-likeness (QED) is 0.306. The van der Waals surface area contributed by atoms with Gasteiger partial charge in [0.2, 0.25) is 0 Å². The first-order chi connectivity index (χ1) is 17.8. The Hall–Kier alpha value is -3.81. The van der Waals surface area contributed by atoms with E-state index >= 15 is 0 Å². The number of aromatic hydroxyl groups is 2. The van der Waals surface area contributed by atoms with Gasteiger partial charge in [0, 0.05) is 48.6 Å². The van der Waals surface area contributed by atoms with Crippen LogP contribution in [0.3, 0.4) is 0 Å². The van der Waals surface area contributed by atoms with E-state index in [1.165, 1.54) is 0 Å². The lowest BCUT2D eigenvalue weighted by Gasteiger charge is -2.22. The zero-order chi connectivity index (χ0) is 26.5. The Labute approximate surface area is 218 Å². The van der Waals surface area contributed by atoms with Crippen LogP contribution in [0.2, 0.25) is 0 Å². The molecule has 4 aromatic rings. The molecule has 3 N–H and O–H groups in total. The molecule has 1 heterocycles. The lowest BCUT2D eigenvalue weighted by Crippen LogP contribution is -2.34. The second-order valence-electron chi connectivity index (χ2n) is 9.91. The second kappa shape index (κ2) is 11.5. The van der Waals surface area contributed by atoms with Crippen LogP contribution in [0.5, 0.6) is 11.5 Å². The first-order valence-corrected chi connectivity index (χ1v) is 12.5. The van der Waals surface area contributed by atoms with Gasteiger partial charge in [-0.25, -0.2) is 0 Å². The summed E-state index contributed by atoms with van der Waals surface area (Å²) in [5.74, 6) is -0.0396. The van der Waals surface area contributed by atoms with Gasteiger partial charge in [0.1, 0.15) is 17.2 Å². The zero-order valence-electron chi connectivity index (χ0n) is 22.0. The molecule has 4 rings (SSSR count). The SMILES string of the molecule is CN(C)CCNC(=O)c1c(C(c2ccc(O)cc2)c2ccc(O)cc2)c2ccccc2n1CCN(C)C. The Morgan fingerprint density at radius 2 is 1.35 bits per heavy atom. The fraction of sp³-hybridized carbons (Fsp3) is 0.300. The second-order valence-corrected chi connectivity index (χ2v) is 9.91. The Morgan fingerprint density at radius 1 is 0.811 bits per heavy atom. The van der Waals surface area contributed by atoms with Crippen molar-refractivity contribution < 1.29 is 15.0 Å². The van der Waals surface area contributed by atoms with Gasteiger partial charge >= 0.3 is 0 Å². The minimum absolute atomic E-state index is 0.116. The fourth-order valence-corrected chi connectivity index (χ4v) is 4.74. The van der Waals surface area contributed by atoms with E-state index in [9.17, 15) is 15.0 Å². The number of benzene rings is 3. The molecule has 7 heteroatoms. The largest absolute Gasteiger partial charge is 0.508 e. The minimum atomic E-state index is -0.290. The van der Waals surface area contributed by atoms with Crippen molar-refractivity contribution >= 4 is 16.8 Å². The van der Waals surface area contributed by atoms with Crippen LogP contribution in [0, 0.1) is 0 Å². The molecule has 7 nitrogen and oxygen atoms in total. The number of nitrogens with zero attached hydrogens (tertiary/aromatic N) is 3. The number of nitrogens with one attached hydrogen (secondary N) is 1. The molecule has 0 radical (unpaired) electrons. The minimum Gasteiger partial charge on any atom is -0.508 e. The van der Waals surface area contributed by atoms with E-state index in [-0.39, 0.29) is 23.3 Å². The monoisotopic (exact) mass is 500 g/mol. The molecule has 1 amide bonds. The van der Waals surface area contributed by atoms with Crippen LogP contribution in [0.4, 0.5) is 0 Å². The molecule has 1 aromatic heterocycles. The zero-order valence-corrected chi connectivity index (χ0v) is 22.0. The van der Waals surface area contributed by atoms with Crippen LogP contribution in [0.1, 0.15) is 33.1 Å². The Bertz CT molecular complexity index is 1300. The number of likely N-dealkylation sites (N-methyl/N-ethyl adjacent to an activating group) is 2. The van der Waals surface area contributed by atoms with Gasteiger partial charge in [-0.1, -0.05) is 42.5 Å². The molecule has 0 spiro atoms. The number of rotatable bonds is 10. The summed E-state index contributed by atoms with van der Waals surface area (Å²) in [5, 5.41) is 24.1. The summed E-state index contributed by atoms with van der Waals surface area (Å²) in [7, 11) is 8.02. The summed E-state index contributed by atoms with van der Waals surface area (Å²) in [5.41, 5.74) is 4.43. The topological polar surface area (TPSA) is 81.0 Å². The number of aromatic nitrogens is 1. The van der Waals surface area contributed by atoms with Gasteiger partial charge in [0.25, 0.3) is 5.91 Å². The highest BCUT2D eigenvalue weighted by atomic mass is 16.3. The number of carbonyl (C=O) groups is 1. The molecule has 0 saturated heterocycles. The highest BCUT2D eigenvalue weighted by molar-refractivity contribution is 6.02. The molecule has 0 aliphatic heterocycles. The summed E-state index contributed by atoms with van der Waals surface area (Å²) in [6.07, 6.45) is 0. The summed E-state index contributed by atoms with van der Waals surface area (Å²) in [6, 6.07) is 22.4. The lowest BCUT2D eigenvalue weighted by atomic mass is 9.83. The number of fused-ring (bicyclic) bond motifs is 1. The summed E-state index contributed by atoms with van der Waals surface area (Å²) >= 11 is 0. The van der Waals surface area contributed by atoms with Gasteiger partial charge in [0.15, 0.2) is 0 Å². The predicted octanol–water partition coefficient (Wildman–Crippen LogP) is 4.09. The van der Waals surface area contributed by atoms with Gasteiger partial charge in [-0.3, -0.25) is 4.79 Å². The standard InChI is InChI=1S/C30H36N4O3/c1-32(2)18-17-31-30(37)29-28(25-7-5-6-8-26(25)34(29)20-19-33(3)4)27(21-9-13-23(35)14-10-21)22-11-15-24(36)16-12-22/h5-16,27,35-36H,17-20H2,1-4H3,(H,31,37). The normalized spacial score (nSPS) is 11.6. The van der Waals surface area contributed by atoms with Crippen LogP contribution in [-0.4, -0.2) is 78.3 Å². The van der Waals surface area contributed by atoms with Crippen LogP contribution in [0.25, 0.3) is 10.9 Å². The molecule has 0 bridgehead atoms. The van der Waals surface area contributed by atoms with Gasteiger partial charge in [0.05, 0.1) is 0 Å². The number of amides is 1. The van der Waals surface area contributed by atoms with Crippen molar-refractivity contribution in [2.45, 2.75) is 12.5 Å². The molecule has 3 aromatic carbocycles. The number of hydrogen-bond acceptors (Lipinski definition) is 5. The highest BCUT2D eigenvalue weighted by Gasteiger charge is 2.30. The summed E-state index contributed by atoms with van der Waals surface area (Å²) < 4.78 is 2.13. The molecule has 0 saturated carbocycles. The average Bonchev–Trinajstić information content (AvgIpc) is 3.19. The van der Waals surface area contributed by atoms with E-state index < -0.39 is 0 Å². The molecule has 0 atom stereocenters. The number of phenolic OH excluding ortho intramolecular Hbond substituents is 2. The van der Waals surface area contributed by atoms with Crippen molar-refractivity contribution in [3.8, 4) is 11.5 Å². The molecule has 0 aliphatic carbocycles. The van der Waals surface area contributed by atoms with Crippen molar-refractivity contribution in [2.75, 3.05) is 47.8 Å².